The van der Waals surface area contributed by atoms with Gasteiger partial charge in [0.2, 0.25) is 5.91 Å². The minimum Gasteiger partial charge on any atom is -0.504 e. The van der Waals surface area contributed by atoms with Gasteiger partial charge in [-0.25, -0.2) is 0 Å². The molecule has 0 saturated carbocycles. The summed E-state index contributed by atoms with van der Waals surface area (Å²) in [7, 11) is 11.1. The van der Waals surface area contributed by atoms with E-state index in [2.05, 4.69) is 29.8 Å². The minimum atomic E-state index is -0.370. The molecular weight excluding hydrogens is 536 g/mol. The Morgan fingerprint density at radius 1 is 1.05 bits per heavy atom. The molecule has 0 spiro atoms. The lowest BCUT2D eigenvalue weighted by atomic mass is 10.1. The van der Waals surface area contributed by atoms with Gasteiger partial charge in [-0.2, -0.15) is 0 Å². The van der Waals surface area contributed by atoms with Crippen LogP contribution in [0, 0.1) is 5.92 Å². The number of ether oxygens (including phenoxy) is 2. The third kappa shape index (κ3) is 41.7. The molecule has 0 aliphatic carbocycles. The van der Waals surface area contributed by atoms with Crippen molar-refractivity contribution in [2.75, 3.05) is 68.7 Å². The Kier molecular flexibility index (Phi) is 47.0. The maximum absolute atomic E-state index is 11.0. The normalized spacial score (nSPS) is 10.1. The summed E-state index contributed by atoms with van der Waals surface area (Å²) in [5.74, 6) is 0.477. The number of aromatic hydroxyl groups is 1. The van der Waals surface area contributed by atoms with E-state index in [1.54, 1.807) is 25.3 Å². The summed E-state index contributed by atoms with van der Waals surface area (Å²) in [6, 6.07) is 4.49. The van der Waals surface area contributed by atoms with Gasteiger partial charge in [-0.3, -0.25) is 9.59 Å². The molecule has 10 heteroatoms. The van der Waals surface area contributed by atoms with E-state index >= 15 is 0 Å². The Balaban J connectivity index is -0.000000145. The Labute approximate surface area is 257 Å². The first-order valence-corrected chi connectivity index (χ1v) is 14.7. The standard InChI is InChI=1S/C10H10O3.C8H16N2O2.C6H15NO.C3H9N.C3H8.C2H6/c1-13-10-7-8(3-2-6-11)4-5-9(10)12;1-6(2)7(5-11)10-8(12)4-9-3;1-3-8-6-4-5-7-2;1-4(2)3;1-3-2;1-2/h2-7,12H,1H3;5-7,9H,4H2,1-3H3,(H,10,12);7H,3-6H2,1-2H3;1-3H3;3H2,1-2H3;1-2H3/b3-2+;;;;;. The van der Waals surface area contributed by atoms with Gasteiger partial charge >= 0.3 is 0 Å². The van der Waals surface area contributed by atoms with E-state index in [1.165, 1.54) is 25.7 Å². The molecule has 1 aromatic carbocycles. The largest absolute Gasteiger partial charge is 0.504 e. The first-order valence-electron chi connectivity index (χ1n) is 14.7. The van der Waals surface area contributed by atoms with Crippen molar-refractivity contribution >= 4 is 24.6 Å². The number of phenols is 1. The zero-order chi connectivity index (χ0) is 33.8. The first kappa shape index (κ1) is 48.9. The Bertz CT molecular complexity index is 735. The monoisotopic (exact) mass is 600 g/mol. The molecule has 0 aromatic heterocycles. The Hall–Kier alpha value is -2.79. The molecule has 0 radical (unpaired) electrons. The maximum Gasteiger partial charge on any atom is 0.234 e. The van der Waals surface area contributed by atoms with Gasteiger partial charge in [0.1, 0.15) is 12.6 Å². The zero-order valence-electron chi connectivity index (χ0n) is 28.9. The number of phenolic OH excluding ortho intramolecular Hbond substituents is 1. The summed E-state index contributed by atoms with van der Waals surface area (Å²) in [4.78, 5) is 33.5. The number of nitrogens with zero attached hydrogens (tertiary/aromatic N) is 1. The molecule has 0 bridgehead atoms. The highest BCUT2D eigenvalue weighted by atomic mass is 16.5. The van der Waals surface area contributed by atoms with Crippen molar-refractivity contribution in [3.8, 4) is 11.5 Å². The molecule has 1 unspecified atom stereocenters. The number of aldehydes is 2. The molecule has 1 atom stereocenters. The predicted octanol–water partition coefficient (Wildman–Crippen LogP) is 4.41. The van der Waals surface area contributed by atoms with E-state index in [9.17, 15) is 19.5 Å². The van der Waals surface area contributed by atoms with Crippen LogP contribution in [-0.4, -0.2) is 103 Å². The first-order chi connectivity index (χ1) is 19.9. The number of hydrogen-bond acceptors (Lipinski definition) is 9. The molecule has 1 amide bonds. The van der Waals surface area contributed by atoms with Crippen LogP contribution in [-0.2, 0) is 19.1 Å². The number of hydrogen-bond donors (Lipinski definition) is 4. The molecule has 1 aromatic rings. The number of carbonyl (C=O) groups is 3. The van der Waals surface area contributed by atoms with Crippen LogP contribution in [0.4, 0.5) is 0 Å². The number of benzene rings is 1. The molecule has 0 aliphatic rings. The van der Waals surface area contributed by atoms with E-state index < -0.39 is 0 Å². The van der Waals surface area contributed by atoms with Gasteiger partial charge in [-0.05, 0) is 84.8 Å². The fraction of sp³-hybridized carbons (Fsp3) is 0.656. The quantitative estimate of drug-likeness (QED) is 0.148. The van der Waals surface area contributed by atoms with Crippen LogP contribution in [0.5, 0.6) is 11.5 Å². The second-order valence-electron chi connectivity index (χ2n) is 9.13. The molecule has 0 fully saturated rings. The summed E-state index contributed by atoms with van der Waals surface area (Å²) in [6.45, 7) is 17.1. The number of likely N-dealkylation sites (N-methyl/N-ethyl adjacent to an activating group) is 1. The van der Waals surface area contributed by atoms with E-state index in [-0.39, 0.29) is 30.2 Å². The predicted molar refractivity (Wildman–Crippen MR) is 178 cm³/mol. The van der Waals surface area contributed by atoms with Gasteiger partial charge in [-0.1, -0.05) is 60.1 Å². The van der Waals surface area contributed by atoms with Crippen molar-refractivity contribution in [3.05, 3.63) is 29.8 Å². The van der Waals surface area contributed by atoms with Gasteiger partial charge in [0.15, 0.2) is 11.5 Å². The molecule has 4 N–H and O–H groups in total. The highest BCUT2D eigenvalue weighted by molar-refractivity contribution is 5.81. The third-order valence-corrected chi connectivity index (χ3v) is 4.02. The fourth-order valence-corrected chi connectivity index (χ4v) is 2.20. The Morgan fingerprint density at radius 2 is 1.60 bits per heavy atom. The second kappa shape index (κ2) is 40.3. The number of amides is 1. The molecule has 248 valence electrons. The maximum atomic E-state index is 11.0. The van der Waals surface area contributed by atoms with E-state index in [4.69, 9.17) is 9.47 Å². The van der Waals surface area contributed by atoms with Gasteiger partial charge < -0.3 is 40.2 Å². The van der Waals surface area contributed by atoms with E-state index in [1.807, 2.05) is 67.7 Å². The van der Waals surface area contributed by atoms with Gasteiger partial charge in [0, 0.05) is 13.2 Å². The van der Waals surface area contributed by atoms with Crippen molar-refractivity contribution in [2.24, 2.45) is 5.92 Å². The summed E-state index contributed by atoms with van der Waals surface area (Å²) < 4.78 is 9.99. The van der Waals surface area contributed by atoms with Crippen LogP contribution in [0.3, 0.4) is 0 Å². The molecule has 1 rings (SSSR count). The highest BCUT2D eigenvalue weighted by Gasteiger charge is 2.13. The summed E-state index contributed by atoms with van der Waals surface area (Å²) in [6.07, 6.45) is 6.84. The SMILES string of the molecule is CC.CCC.CCOCCCNC.CN(C)C.CNCC(=O)NC(C=O)C(C)C.COc1cc(/C=C/C=O)ccc1O. The lowest BCUT2D eigenvalue weighted by Gasteiger charge is -2.15. The number of allylic oxidation sites excluding steroid dienone is 1. The van der Waals surface area contributed by atoms with Crippen LogP contribution < -0.4 is 20.7 Å². The van der Waals surface area contributed by atoms with Crippen molar-refractivity contribution in [3.63, 3.8) is 0 Å². The van der Waals surface area contributed by atoms with Crippen LogP contribution >= 0.6 is 0 Å². The van der Waals surface area contributed by atoms with Crippen molar-refractivity contribution in [2.45, 2.75) is 67.3 Å². The lowest BCUT2D eigenvalue weighted by molar-refractivity contribution is -0.123. The molecular formula is C32H64N4O6. The number of methoxy groups -OCH3 is 1. The average Bonchev–Trinajstić information content (AvgIpc) is 2.95. The summed E-state index contributed by atoms with van der Waals surface area (Å²) in [5.41, 5.74) is 0.807. The highest BCUT2D eigenvalue weighted by Crippen LogP contribution is 2.26. The van der Waals surface area contributed by atoms with E-state index in [0.29, 0.717) is 12.0 Å². The van der Waals surface area contributed by atoms with Crippen molar-refractivity contribution in [1.29, 1.82) is 0 Å². The van der Waals surface area contributed by atoms with Crippen molar-refractivity contribution in [1.82, 2.24) is 20.9 Å². The number of carbonyl (C=O) groups excluding carboxylic acids is 3. The minimum absolute atomic E-state index is 0.0887. The number of rotatable bonds is 13. The van der Waals surface area contributed by atoms with Gasteiger partial charge in [0.25, 0.3) is 0 Å². The van der Waals surface area contributed by atoms with Crippen LogP contribution in [0.1, 0.15) is 66.9 Å². The molecule has 42 heavy (non-hydrogen) atoms. The number of nitrogens with one attached hydrogen (secondary N) is 3. The topological polar surface area (TPSA) is 129 Å². The lowest BCUT2D eigenvalue weighted by Crippen LogP contribution is -2.43. The molecule has 0 saturated heterocycles. The van der Waals surface area contributed by atoms with E-state index in [0.717, 1.165) is 38.0 Å². The third-order valence-electron chi connectivity index (χ3n) is 4.02. The smallest absolute Gasteiger partial charge is 0.234 e. The van der Waals surface area contributed by atoms with Crippen LogP contribution in [0.2, 0.25) is 0 Å². The van der Waals surface area contributed by atoms with Crippen LogP contribution in [0.25, 0.3) is 6.08 Å². The van der Waals surface area contributed by atoms with Gasteiger partial charge in [-0.15, -0.1) is 0 Å². The van der Waals surface area contributed by atoms with Gasteiger partial charge in [0.05, 0.1) is 19.7 Å². The second-order valence-corrected chi connectivity index (χ2v) is 9.13. The summed E-state index contributed by atoms with van der Waals surface area (Å²) >= 11 is 0. The Morgan fingerprint density at radius 3 is 1.98 bits per heavy atom. The zero-order valence-corrected chi connectivity index (χ0v) is 28.9. The van der Waals surface area contributed by atoms with Crippen molar-refractivity contribution < 1.29 is 29.0 Å². The molecule has 0 heterocycles. The average molecular weight is 601 g/mol. The molecule has 0 aliphatic heterocycles. The summed E-state index contributed by atoms with van der Waals surface area (Å²) in [5, 5.41) is 17.6. The fourth-order valence-electron chi connectivity index (χ4n) is 2.20. The van der Waals surface area contributed by atoms with Crippen LogP contribution in [0.15, 0.2) is 24.3 Å². The molecule has 10 nitrogen and oxygen atoms in total.